The number of H-pyrrole nitrogens is 1. The van der Waals surface area contributed by atoms with Crippen molar-refractivity contribution >= 4 is 46.5 Å². The van der Waals surface area contributed by atoms with Gasteiger partial charge in [-0.3, -0.25) is 19.4 Å². The molecular formula is C46H49Cl2FN8O6. The molecule has 14 nitrogen and oxygen atoms in total. The molecule has 2 aromatic heterocycles. The number of esters is 1. The van der Waals surface area contributed by atoms with Gasteiger partial charge in [-0.1, -0.05) is 61.3 Å². The summed E-state index contributed by atoms with van der Waals surface area (Å²) in [5.41, 5.74) is 3.55. The fourth-order valence-corrected chi connectivity index (χ4v) is 8.02. The number of aromatic amines is 1. The fourth-order valence-electron chi connectivity index (χ4n) is 7.61. The van der Waals surface area contributed by atoms with E-state index in [2.05, 4.69) is 30.7 Å². The highest BCUT2D eigenvalue weighted by molar-refractivity contribution is 6.32. The predicted molar refractivity (Wildman–Crippen MR) is 241 cm³/mol. The number of carbonyl (C=O) groups is 2. The normalized spacial score (nSPS) is 15.1. The molecular weight excluding hydrogens is 850 g/mol. The summed E-state index contributed by atoms with van der Waals surface area (Å²) in [4.78, 5) is 48.1. The van der Waals surface area contributed by atoms with Crippen LogP contribution in [0.2, 0.25) is 10.0 Å². The van der Waals surface area contributed by atoms with Crippen molar-refractivity contribution < 1.29 is 28.9 Å². The molecule has 0 unspecified atom stereocenters. The van der Waals surface area contributed by atoms with E-state index < -0.39 is 23.5 Å². The Morgan fingerprint density at radius 3 is 2.43 bits per heavy atom. The number of piperazine rings is 1. The second-order valence-electron chi connectivity index (χ2n) is 16.2. The largest absolute Gasteiger partial charge is 0.508 e. The van der Waals surface area contributed by atoms with Crippen molar-refractivity contribution in [3.05, 3.63) is 133 Å². The Kier molecular flexibility index (Phi) is 14.0. The number of hydrogen-bond acceptors (Lipinski definition) is 11. The minimum atomic E-state index is -0.675. The number of allylic oxidation sites excluding steroid dienone is 3. The summed E-state index contributed by atoms with van der Waals surface area (Å²) in [6.07, 6.45) is 5.71. The van der Waals surface area contributed by atoms with Crippen molar-refractivity contribution in [1.82, 2.24) is 34.9 Å². The molecule has 0 spiro atoms. The highest BCUT2D eigenvalue weighted by atomic mass is 35.5. The number of nitrogens with one attached hydrogen (secondary N) is 3. The molecule has 63 heavy (non-hydrogen) atoms. The quantitative estimate of drug-likeness (QED) is 0.0664. The van der Waals surface area contributed by atoms with Crippen molar-refractivity contribution in [2.24, 2.45) is 0 Å². The number of hydrogen-bond donors (Lipinski definition) is 5. The van der Waals surface area contributed by atoms with Gasteiger partial charge in [0, 0.05) is 72.8 Å². The first kappa shape index (κ1) is 45.0. The molecule has 0 radical (unpaired) electrons. The van der Waals surface area contributed by atoms with Gasteiger partial charge in [0.05, 0.1) is 28.9 Å². The van der Waals surface area contributed by atoms with Crippen LogP contribution in [0.25, 0.3) is 22.6 Å². The summed E-state index contributed by atoms with van der Waals surface area (Å²) in [6, 6.07) is 15.6. The van der Waals surface area contributed by atoms with Crippen LogP contribution in [0, 0.1) is 5.82 Å². The first-order valence-electron chi connectivity index (χ1n) is 20.7. The lowest BCUT2D eigenvalue weighted by Crippen LogP contribution is -2.48. The monoisotopic (exact) mass is 898 g/mol. The Bertz CT molecular complexity index is 2640. The van der Waals surface area contributed by atoms with E-state index in [0.29, 0.717) is 77.3 Å². The van der Waals surface area contributed by atoms with Crippen molar-refractivity contribution in [3.8, 4) is 28.6 Å². The lowest BCUT2D eigenvalue weighted by molar-refractivity contribution is -0.146. The van der Waals surface area contributed by atoms with Crippen molar-refractivity contribution in [3.63, 3.8) is 0 Å². The van der Waals surface area contributed by atoms with Crippen LogP contribution in [-0.4, -0.2) is 97.0 Å². The number of phenolic OH excluding ortho intramolecular Hbond substituents is 2. The second-order valence-corrected chi connectivity index (χ2v) is 17.1. The molecule has 1 aliphatic carbocycles. The van der Waals surface area contributed by atoms with Gasteiger partial charge >= 0.3 is 11.7 Å². The molecule has 5 aromatic rings. The SMILES string of the molecule is CC(C)Nc1cc(C2=CCC(C(=O)N[C@H](COC(=O)CN3CCN(Cc4ccc(-n5c(-c6cc(C(C)C)c(O)cc6O)n[nH]c5=O)cc4F)CC3)c3cccc(Cl)c3)=C2)c(Cl)cn1. The lowest BCUT2D eigenvalue weighted by atomic mass is 9.98. The number of carbonyl (C=O) groups excluding carboxylic acids is 2. The molecule has 3 aromatic carbocycles. The zero-order valence-corrected chi connectivity index (χ0v) is 36.8. The molecule has 1 saturated heterocycles. The molecule has 0 saturated carbocycles. The maximum atomic E-state index is 15.7. The van der Waals surface area contributed by atoms with Gasteiger partial charge in [0.15, 0.2) is 5.82 Å². The van der Waals surface area contributed by atoms with E-state index in [0.717, 1.165) is 11.1 Å². The molecule has 3 heterocycles. The molecule has 1 aliphatic heterocycles. The van der Waals surface area contributed by atoms with Gasteiger partial charge in [-0.25, -0.2) is 23.8 Å². The topological polar surface area (TPSA) is 178 Å². The third kappa shape index (κ3) is 10.8. The van der Waals surface area contributed by atoms with E-state index in [9.17, 15) is 24.6 Å². The Labute approximate surface area is 374 Å². The lowest BCUT2D eigenvalue weighted by Gasteiger charge is -2.34. The van der Waals surface area contributed by atoms with Crippen LogP contribution in [0.3, 0.4) is 0 Å². The van der Waals surface area contributed by atoms with Crippen LogP contribution < -0.4 is 16.3 Å². The second kappa shape index (κ2) is 19.6. The Morgan fingerprint density at radius 1 is 0.952 bits per heavy atom. The van der Waals surface area contributed by atoms with Crippen LogP contribution in [0.15, 0.2) is 89.4 Å². The van der Waals surface area contributed by atoms with Crippen LogP contribution in [0.5, 0.6) is 11.5 Å². The van der Waals surface area contributed by atoms with Crippen LogP contribution in [0.1, 0.15) is 68.3 Å². The number of rotatable bonds is 15. The number of benzene rings is 3. The van der Waals surface area contributed by atoms with E-state index >= 15 is 4.39 Å². The predicted octanol–water partition coefficient (Wildman–Crippen LogP) is 7.36. The minimum absolute atomic E-state index is 0.0307. The first-order valence-corrected chi connectivity index (χ1v) is 21.4. The molecule has 1 amide bonds. The van der Waals surface area contributed by atoms with Crippen LogP contribution in [-0.2, 0) is 20.9 Å². The maximum Gasteiger partial charge on any atom is 0.348 e. The van der Waals surface area contributed by atoms with E-state index in [-0.39, 0.29) is 59.6 Å². The van der Waals surface area contributed by atoms with Crippen molar-refractivity contribution in [2.75, 3.05) is 44.6 Å². The first-order chi connectivity index (χ1) is 30.1. The maximum absolute atomic E-state index is 15.7. The number of anilines is 1. The number of ether oxygens (including phenoxy) is 1. The zero-order chi connectivity index (χ0) is 44.9. The minimum Gasteiger partial charge on any atom is -0.508 e. The number of phenols is 2. The Morgan fingerprint density at radius 2 is 1.71 bits per heavy atom. The number of aromatic hydroxyl groups is 2. The van der Waals surface area contributed by atoms with Gasteiger partial charge in [-0.05, 0) is 85.4 Å². The molecule has 17 heteroatoms. The summed E-state index contributed by atoms with van der Waals surface area (Å²) in [7, 11) is 0. The standard InChI is InChI=1S/C46H49Cl2FN8O6/c1-26(2)34-19-36(41(59)21-40(34)58)44-53-54-46(62)57(44)33-11-10-31(38(49)18-33)23-55-12-14-56(15-13-55)24-43(60)63-25-39(29-6-5-7-32(47)17-29)52-45(61)30-9-8-28(16-30)35-20-42(51-27(3)4)50-22-37(35)48/h5-8,10-11,16-22,26-27,39,58-59H,9,12-15,23-25H2,1-4H3,(H,50,51)(H,52,61)(H,54,62)/t39-/m1/s1. The van der Waals surface area contributed by atoms with E-state index in [4.69, 9.17) is 27.9 Å². The van der Waals surface area contributed by atoms with E-state index in [1.807, 2.05) is 50.8 Å². The third-order valence-corrected chi connectivity index (χ3v) is 11.5. The third-order valence-electron chi connectivity index (χ3n) is 10.9. The van der Waals surface area contributed by atoms with Gasteiger partial charge in [-0.15, -0.1) is 0 Å². The van der Waals surface area contributed by atoms with Gasteiger partial charge in [0.2, 0.25) is 5.91 Å². The van der Waals surface area contributed by atoms with Gasteiger partial charge in [0.1, 0.15) is 29.7 Å². The van der Waals surface area contributed by atoms with E-state index in [1.165, 1.54) is 16.7 Å². The van der Waals surface area contributed by atoms with E-state index in [1.54, 1.807) is 48.7 Å². The van der Waals surface area contributed by atoms with Crippen molar-refractivity contribution in [1.29, 1.82) is 0 Å². The summed E-state index contributed by atoms with van der Waals surface area (Å²) in [5, 5.41) is 34.7. The average molecular weight is 900 g/mol. The van der Waals surface area contributed by atoms with Gasteiger partial charge in [0.25, 0.3) is 0 Å². The molecule has 330 valence electrons. The molecule has 2 aliphatic rings. The van der Waals surface area contributed by atoms with Gasteiger partial charge in [-0.2, -0.15) is 5.10 Å². The molecule has 7 rings (SSSR count). The summed E-state index contributed by atoms with van der Waals surface area (Å²) >= 11 is 12.8. The smallest absolute Gasteiger partial charge is 0.348 e. The highest BCUT2D eigenvalue weighted by Gasteiger charge is 2.26. The average Bonchev–Trinajstić information content (AvgIpc) is 3.89. The number of halogens is 3. The molecule has 1 fully saturated rings. The fraction of sp³-hybridized carbons (Fsp3) is 0.326. The number of nitrogens with zero attached hydrogens (tertiary/aromatic N) is 5. The summed E-state index contributed by atoms with van der Waals surface area (Å²) in [6.45, 7) is 10.2. The van der Waals surface area contributed by atoms with Crippen molar-refractivity contribution in [2.45, 2.75) is 58.7 Å². The Hall–Kier alpha value is -6.00. The number of aromatic nitrogens is 4. The Balaban J connectivity index is 0.934. The van der Waals surface area contributed by atoms with Gasteiger partial charge < -0.3 is 25.6 Å². The summed E-state index contributed by atoms with van der Waals surface area (Å²) in [5.74, 6) is -0.985. The zero-order valence-electron chi connectivity index (χ0n) is 35.3. The molecule has 0 bridgehead atoms. The molecule has 5 N–H and O–H groups in total. The van der Waals surface area contributed by atoms with Crippen LogP contribution >= 0.6 is 23.2 Å². The highest BCUT2D eigenvalue weighted by Crippen LogP contribution is 2.38. The van der Waals surface area contributed by atoms with Crippen LogP contribution in [0.4, 0.5) is 10.2 Å². The number of pyridine rings is 1. The summed E-state index contributed by atoms with van der Waals surface area (Å²) < 4.78 is 22.6. The molecule has 1 atom stereocenters. The number of amides is 1.